The standard InChI is InChI=1S/C18H39NO.C2H4O2/c1-4-5-6-7-8-9-10-11-12-13-14-15-16-18(20)17-19(2)3;1-2(3)4/h18,20H,4-17H2,1-3H3;1H3,(H,3,4). The molecule has 4 heteroatoms. The zero-order valence-electron chi connectivity index (χ0n) is 16.7. The molecule has 4 nitrogen and oxygen atoms in total. The number of carboxylic acid groups (broad SMARTS) is 1. The SMILES string of the molecule is CC(=O)[O-].CCCCCCCCCCCCCCC(O)C[NH+](C)C. The number of aliphatic hydroxyl groups is 1. The predicted octanol–water partition coefficient (Wildman–Crippen LogP) is 2.34. The van der Waals surface area contributed by atoms with Gasteiger partial charge in [0.2, 0.25) is 0 Å². The van der Waals surface area contributed by atoms with Crippen LogP contribution in [-0.2, 0) is 4.79 Å². The number of carbonyl (C=O) groups is 1. The van der Waals surface area contributed by atoms with E-state index in [1.807, 2.05) is 0 Å². The molecule has 0 heterocycles. The van der Waals surface area contributed by atoms with Gasteiger partial charge in [-0.1, -0.05) is 84.0 Å². The van der Waals surface area contributed by atoms with Crippen LogP contribution in [0.15, 0.2) is 0 Å². The van der Waals surface area contributed by atoms with Gasteiger partial charge in [-0.3, -0.25) is 0 Å². The molecule has 0 fully saturated rings. The van der Waals surface area contributed by atoms with Gasteiger partial charge in [0, 0.05) is 5.97 Å². The Kier molecular flexibility index (Phi) is 21.8. The van der Waals surface area contributed by atoms with Crippen LogP contribution in [0.1, 0.15) is 97.3 Å². The average molecular weight is 346 g/mol. The summed E-state index contributed by atoms with van der Waals surface area (Å²) in [7, 11) is 4.21. The fraction of sp³-hybridized carbons (Fsp3) is 0.950. The van der Waals surface area contributed by atoms with Crippen molar-refractivity contribution >= 4 is 5.97 Å². The second-order valence-electron chi connectivity index (χ2n) is 7.23. The summed E-state index contributed by atoms with van der Waals surface area (Å²) in [6.45, 7) is 4.14. The van der Waals surface area contributed by atoms with Crippen molar-refractivity contribution in [2.45, 2.75) is 103 Å². The highest BCUT2D eigenvalue weighted by atomic mass is 16.4. The third-order valence-electron chi connectivity index (χ3n) is 4.03. The lowest BCUT2D eigenvalue weighted by Crippen LogP contribution is -3.07. The highest BCUT2D eigenvalue weighted by Gasteiger charge is 2.07. The molecule has 0 aromatic rings. The van der Waals surface area contributed by atoms with Gasteiger partial charge in [-0.25, -0.2) is 0 Å². The molecule has 0 radical (unpaired) electrons. The largest absolute Gasteiger partial charge is 0.550 e. The Labute approximate surface area is 150 Å². The summed E-state index contributed by atoms with van der Waals surface area (Å²) in [5.74, 6) is -1.08. The maximum absolute atomic E-state index is 9.76. The van der Waals surface area contributed by atoms with Crippen LogP contribution in [0.4, 0.5) is 0 Å². The number of carboxylic acids is 1. The Hall–Kier alpha value is -0.610. The third kappa shape index (κ3) is 29.4. The summed E-state index contributed by atoms with van der Waals surface area (Å²) in [5.41, 5.74) is 0. The van der Waals surface area contributed by atoms with Gasteiger partial charge in [0.05, 0.1) is 14.1 Å². The molecule has 0 aliphatic heterocycles. The van der Waals surface area contributed by atoms with Crippen molar-refractivity contribution in [3.05, 3.63) is 0 Å². The van der Waals surface area contributed by atoms with E-state index >= 15 is 0 Å². The summed E-state index contributed by atoms with van der Waals surface area (Å²) >= 11 is 0. The number of quaternary nitrogens is 1. The molecule has 0 saturated heterocycles. The van der Waals surface area contributed by atoms with Gasteiger partial charge in [0.1, 0.15) is 12.6 Å². The average Bonchev–Trinajstić information content (AvgIpc) is 2.47. The minimum atomic E-state index is -1.08. The van der Waals surface area contributed by atoms with Crippen LogP contribution in [-0.4, -0.2) is 37.8 Å². The van der Waals surface area contributed by atoms with Crippen molar-refractivity contribution in [3.8, 4) is 0 Å². The van der Waals surface area contributed by atoms with Crippen molar-refractivity contribution in [2.75, 3.05) is 20.6 Å². The van der Waals surface area contributed by atoms with Gasteiger partial charge < -0.3 is 19.9 Å². The lowest BCUT2D eigenvalue weighted by Gasteiger charge is -2.13. The molecule has 0 aromatic carbocycles. The fourth-order valence-corrected chi connectivity index (χ4v) is 2.79. The molecular weight excluding hydrogens is 302 g/mol. The minimum absolute atomic E-state index is 0.0943. The van der Waals surface area contributed by atoms with Crippen molar-refractivity contribution in [3.63, 3.8) is 0 Å². The topological polar surface area (TPSA) is 64.8 Å². The van der Waals surface area contributed by atoms with Crippen LogP contribution < -0.4 is 10.0 Å². The van der Waals surface area contributed by atoms with Crippen LogP contribution in [0, 0.1) is 0 Å². The number of aliphatic carboxylic acids is 1. The highest BCUT2D eigenvalue weighted by Crippen LogP contribution is 2.12. The van der Waals surface area contributed by atoms with Gasteiger partial charge >= 0.3 is 0 Å². The van der Waals surface area contributed by atoms with Gasteiger partial charge in [-0.15, -0.1) is 0 Å². The first-order chi connectivity index (χ1) is 11.4. The summed E-state index contributed by atoms with van der Waals surface area (Å²) < 4.78 is 0. The van der Waals surface area contributed by atoms with E-state index in [1.165, 1.54) is 81.9 Å². The van der Waals surface area contributed by atoms with Crippen molar-refractivity contribution in [1.29, 1.82) is 0 Å². The molecule has 0 rings (SSSR count). The van der Waals surface area contributed by atoms with Crippen LogP contribution in [0.3, 0.4) is 0 Å². The van der Waals surface area contributed by atoms with Crippen LogP contribution in [0.2, 0.25) is 0 Å². The summed E-state index contributed by atoms with van der Waals surface area (Å²) in [4.78, 5) is 10.2. The molecule has 0 aliphatic carbocycles. The molecule has 0 aliphatic rings. The molecule has 0 aromatic heterocycles. The maximum atomic E-state index is 9.76. The Bertz CT molecular complexity index is 253. The van der Waals surface area contributed by atoms with E-state index < -0.39 is 5.97 Å². The molecule has 0 amide bonds. The number of nitrogens with one attached hydrogen (secondary N) is 1. The number of hydrogen-bond acceptors (Lipinski definition) is 3. The number of hydrogen-bond donors (Lipinski definition) is 2. The van der Waals surface area contributed by atoms with Crippen LogP contribution in [0.5, 0.6) is 0 Å². The number of aliphatic hydroxyl groups excluding tert-OH is 1. The zero-order valence-corrected chi connectivity index (χ0v) is 16.7. The first-order valence-corrected chi connectivity index (χ1v) is 10.0. The van der Waals surface area contributed by atoms with E-state index in [0.717, 1.165) is 19.9 Å². The number of rotatable bonds is 15. The van der Waals surface area contributed by atoms with Crippen LogP contribution in [0.25, 0.3) is 0 Å². The minimum Gasteiger partial charge on any atom is -0.550 e. The number of likely N-dealkylation sites (N-methyl/N-ethyl adjacent to an activating group) is 1. The summed E-state index contributed by atoms with van der Waals surface area (Å²) in [6, 6.07) is 0. The van der Waals surface area contributed by atoms with E-state index in [0.29, 0.717) is 0 Å². The number of unbranched alkanes of at least 4 members (excludes halogenated alkanes) is 11. The van der Waals surface area contributed by atoms with E-state index in [2.05, 4.69) is 21.0 Å². The lowest BCUT2D eigenvalue weighted by atomic mass is 10.0. The zero-order chi connectivity index (χ0) is 18.6. The summed E-state index contributed by atoms with van der Waals surface area (Å²) in [6.07, 6.45) is 17.5. The maximum Gasteiger partial charge on any atom is 0.103 e. The van der Waals surface area contributed by atoms with Crippen molar-refractivity contribution < 1.29 is 19.9 Å². The quantitative estimate of drug-likeness (QED) is 0.448. The second-order valence-corrected chi connectivity index (χ2v) is 7.23. The van der Waals surface area contributed by atoms with Gasteiger partial charge in [0.25, 0.3) is 0 Å². The van der Waals surface area contributed by atoms with Crippen molar-refractivity contribution in [1.82, 2.24) is 0 Å². The highest BCUT2D eigenvalue weighted by molar-refractivity contribution is 5.60. The van der Waals surface area contributed by atoms with Crippen LogP contribution >= 0.6 is 0 Å². The van der Waals surface area contributed by atoms with E-state index in [4.69, 9.17) is 9.90 Å². The Morgan fingerprint density at radius 3 is 1.54 bits per heavy atom. The van der Waals surface area contributed by atoms with Gasteiger partial charge in [-0.05, 0) is 13.3 Å². The summed E-state index contributed by atoms with van der Waals surface area (Å²) in [5, 5.41) is 18.6. The van der Waals surface area contributed by atoms with Crippen molar-refractivity contribution in [2.24, 2.45) is 0 Å². The Morgan fingerprint density at radius 2 is 1.21 bits per heavy atom. The van der Waals surface area contributed by atoms with E-state index in [9.17, 15) is 5.11 Å². The lowest BCUT2D eigenvalue weighted by molar-refractivity contribution is -0.861. The van der Waals surface area contributed by atoms with E-state index in [-0.39, 0.29) is 6.10 Å². The molecule has 1 atom stereocenters. The fourth-order valence-electron chi connectivity index (χ4n) is 2.79. The smallest absolute Gasteiger partial charge is 0.103 e. The molecule has 146 valence electrons. The third-order valence-corrected chi connectivity index (χ3v) is 4.03. The van der Waals surface area contributed by atoms with E-state index in [1.54, 1.807) is 0 Å². The van der Waals surface area contributed by atoms with Gasteiger partial charge in [0.15, 0.2) is 0 Å². The molecule has 0 saturated carbocycles. The first kappa shape index (κ1) is 25.6. The monoisotopic (exact) mass is 345 g/mol. The molecule has 24 heavy (non-hydrogen) atoms. The molecule has 0 bridgehead atoms. The Balaban J connectivity index is 0. The molecular formula is C20H43NO3. The Morgan fingerprint density at radius 1 is 0.875 bits per heavy atom. The number of carbonyl (C=O) groups excluding carboxylic acids is 1. The predicted molar refractivity (Wildman–Crippen MR) is 100 cm³/mol. The molecule has 1 unspecified atom stereocenters. The van der Waals surface area contributed by atoms with Gasteiger partial charge in [-0.2, -0.15) is 0 Å². The second kappa shape index (κ2) is 20.4. The molecule has 2 N–H and O–H groups in total. The normalized spacial score (nSPS) is 11.9. The first-order valence-electron chi connectivity index (χ1n) is 10.0. The molecule has 0 spiro atoms.